The monoisotopic (exact) mass is 283 g/mol. The Bertz CT molecular complexity index is 408. The van der Waals surface area contributed by atoms with Gasteiger partial charge < -0.3 is 15.0 Å². The summed E-state index contributed by atoms with van der Waals surface area (Å²) in [7, 11) is 2.03. The molecule has 1 aliphatic heterocycles. The second-order valence-corrected chi connectivity index (χ2v) is 5.36. The second kappa shape index (κ2) is 7.08. The molecule has 0 aliphatic carbocycles. The highest BCUT2D eigenvalue weighted by atomic mass is 35.5. The van der Waals surface area contributed by atoms with Gasteiger partial charge in [-0.3, -0.25) is 0 Å². The van der Waals surface area contributed by atoms with Crippen LogP contribution in [0.2, 0.25) is 5.02 Å². The Labute approximate surface area is 120 Å². The molecule has 0 amide bonds. The summed E-state index contributed by atoms with van der Waals surface area (Å²) < 4.78 is 5.41. The highest BCUT2D eigenvalue weighted by Crippen LogP contribution is 2.26. The predicted octanol–water partition coefficient (Wildman–Crippen LogP) is 2.46. The second-order valence-electron chi connectivity index (χ2n) is 4.95. The lowest BCUT2D eigenvalue weighted by Gasteiger charge is -2.25. The summed E-state index contributed by atoms with van der Waals surface area (Å²) in [5, 5.41) is 4.06. The van der Waals surface area contributed by atoms with Crippen LogP contribution < -0.4 is 10.2 Å². The minimum absolute atomic E-state index is 0.383. The number of rotatable bonds is 6. The zero-order valence-corrected chi connectivity index (χ0v) is 12.4. The molecule has 1 N–H and O–H groups in total. The molecule has 0 saturated carbocycles. The fraction of sp³-hybridized carbons (Fsp3) is 0.643. The van der Waals surface area contributed by atoms with E-state index in [1.807, 2.05) is 19.3 Å². The number of nitrogens with zero attached hydrogens (tertiary/aromatic N) is 2. The van der Waals surface area contributed by atoms with Gasteiger partial charge in [-0.25, -0.2) is 4.98 Å². The Kier molecular flexibility index (Phi) is 5.43. The molecule has 1 aliphatic rings. The lowest BCUT2D eigenvalue weighted by molar-refractivity contribution is 0.193. The molecule has 1 unspecified atom stereocenters. The Hall–Kier alpha value is -0.840. The van der Waals surface area contributed by atoms with Crippen molar-refractivity contribution in [3.63, 3.8) is 0 Å². The molecule has 4 nitrogen and oxygen atoms in total. The molecule has 0 spiro atoms. The first-order valence-corrected chi connectivity index (χ1v) is 7.26. The van der Waals surface area contributed by atoms with Gasteiger partial charge in [0.05, 0.1) is 17.7 Å². The Balaban J connectivity index is 2.01. The Morgan fingerprint density at radius 2 is 2.42 bits per heavy atom. The summed E-state index contributed by atoms with van der Waals surface area (Å²) in [6.07, 6.45) is 4.06. The van der Waals surface area contributed by atoms with Crippen LogP contribution >= 0.6 is 11.6 Å². The van der Waals surface area contributed by atoms with Gasteiger partial charge in [0.2, 0.25) is 0 Å². The maximum atomic E-state index is 6.34. The molecular weight excluding hydrogens is 262 g/mol. The molecule has 0 aromatic carbocycles. The molecule has 1 fully saturated rings. The third-order valence-corrected chi connectivity index (χ3v) is 3.70. The Morgan fingerprint density at radius 3 is 3.05 bits per heavy atom. The van der Waals surface area contributed by atoms with E-state index in [-0.39, 0.29) is 0 Å². The zero-order chi connectivity index (χ0) is 13.7. The van der Waals surface area contributed by atoms with Crippen LogP contribution in [0.15, 0.2) is 12.3 Å². The maximum Gasteiger partial charge on any atom is 0.147 e. The largest absolute Gasteiger partial charge is 0.379 e. The lowest BCUT2D eigenvalue weighted by Crippen LogP contribution is -2.32. The van der Waals surface area contributed by atoms with Gasteiger partial charge in [0.25, 0.3) is 0 Å². The molecule has 19 heavy (non-hydrogen) atoms. The normalized spacial score (nSPS) is 18.8. The average Bonchev–Trinajstić information content (AvgIpc) is 2.92. The van der Waals surface area contributed by atoms with Crippen LogP contribution in [0.4, 0.5) is 5.82 Å². The number of pyridine rings is 1. The predicted molar refractivity (Wildman–Crippen MR) is 78.9 cm³/mol. The number of nitrogens with one attached hydrogen (secondary N) is 1. The van der Waals surface area contributed by atoms with Gasteiger partial charge in [0.1, 0.15) is 5.82 Å². The Morgan fingerprint density at radius 1 is 1.58 bits per heavy atom. The van der Waals surface area contributed by atoms with Crippen molar-refractivity contribution in [1.29, 1.82) is 0 Å². The third kappa shape index (κ3) is 3.81. The highest BCUT2D eigenvalue weighted by Gasteiger charge is 2.22. The van der Waals surface area contributed by atoms with Crippen molar-refractivity contribution in [3.05, 3.63) is 22.8 Å². The number of hydrogen-bond donors (Lipinski definition) is 1. The average molecular weight is 284 g/mol. The van der Waals surface area contributed by atoms with Crippen LogP contribution in [-0.4, -0.2) is 37.8 Å². The van der Waals surface area contributed by atoms with Gasteiger partial charge in [-0.2, -0.15) is 0 Å². The van der Waals surface area contributed by atoms with Gasteiger partial charge in [-0.1, -0.05) is 18.5 Å². The smallest absolute Gasteiger partial charge is 0.147 e. The molecule has 2 rings (SSSR count). The van der Waals surface area contributed by atoms with E-state index in [9.17, 15) is 0 Å². The van der Waals surface area contributed by atoms with Gasteiger partial charge in [0.15, 0.2) is 0 Å². The van der Waals surface area contributed by atoms with E-state index in [2.05, 4.69) is 22.1 Å². The molecule has 1 aromatic heterocycles. The van der Waals surface area contributed by atoms with Gasteiger partial charge in [-0.05, 0) is 31.0 Å². The van der Waals surface area contributed by atoms with Crippen molar-refractivity contribution in [2.24, 2.45) is 0 Å². The quantitative estimate of drug-likeness (QED) is 0.814. The van der Waals surface area contributed by atoms with E-state index in [4.69, 9.17) is 16.3 Å². The minimum Gasteiger partial charge on any atom is -0.379 e. The number of anilines is 1. The lowest BCUT2D eigenvalue weighted by atomic mass is 10.2. The van der Waals surface area contributed by atoms with Crippen molar-refractivity contribution >= 4 is 17.4 Å². The summed E-state index contributed by atoms with van der Waals surface area (Å²) in [5.41, 5.74) is 1.12. The van der Waals surface area contributed by atoms with E-state index in [0.717, 1.165) is 50.5 Å². The fourth-order valence-electron chi connectivity index (χ4n) is 2.24. The standard InChI is InChI=1S/C14H22ClN3O/c1-3-5-16-8-11-7-13(15)14(17-9-11)18(2)12-4-6-19-10-12/h7,9,12,16H,3-6,8,10H2,1-2H3. The molecule has 5 heteroatoms. The summed E-state index contributed by atoms with van der Waals surface area (Å²) in [4.78, 5) is 6.62. The van der Waals surface area contributed by atoms with Crippen molar-refractivity contribution in [2.75, 3.05) is 31.7 Å². The van der Waals surface area contributed by atoms with Crippen molar-refractivity contribution in [2.45, 2.75) is 32.4 Å². The fourth-order valence-corrected chi connectivity index (χ4v) is 2.56. The third-order valence-electron chi connectivity index (χ3n) is 3.42. The zero-order valence-electron chi connectivity index (χ0n) is 11.7. The number of ether oxygens (including phenoxy) is 1. The molecule has 0 bridgehead atoms. The number of aromatic nitrogens is 1. The molecule has 1 aromatic rings. The summed E-state index contributed by atoms with van der Waals surface area (Å²) in [5.74, 6) is 0.844. The first-order valence-electron chi connectivity index (χ1n) is 6.88. The van der Waals surface area contributed by atoms with Crippen LogP contribution in [0.25, 0.3) is 0 Å². The summed E-state index contributed by atoms with van der Waals surface area (Å²) >= 11 is 6.34. The van der Waals surface area contributed by atoms with E-state index >= 15 is 0 Å². The van der Waals surface area contributed by atoms with Crippen LogP contribution in [0.5, 0.6) is 0 Å². The van der Waals surface area contributed by atoms with E-state index in [1.54, 1.807) is 0 Å². The van der Waals surface area contributed by atoms with E-state index < -0.39 is 0 Å². The molecule has 2 heterocycles. The topological polar surface area (TPSA) is 37.4 Å². The van der Waals surface area contributed by atoms with Crippen LogP contribution in [-0.2, 0) is 11.3 Å². The molecule has 106 valence electrons. The number of likely N-dealkylation sites (N-methyl/N-ethyl adjacent to an activating group) is 1. The van der Waals surface area contributed by atoms with Crippen molar-refractivity contribution in [1.82, 2.24) is 10.3 Å². The van der Waals surface area contributed by atoms with Gasteiger partial charge in [-0.15, -0.1) is 0 Å². The molecular formula is C14H22ClN3O. The molecule has 1 saturated heterocycles. The summed E-state index contributed by atoms with van der Waals surface area (Å²) in [6.45, 7) is 5.57. The SMILES string of the molecule is CCCNCc1cnc(N(C)C2CCOC2)c(Cl)c1. The van der Waals surface area contributed by atoms with Crippen LogP contribution in [0, 0.1) is 0 Å². The highest BCUT2D eigenvalue weighted by molar-refractivity contribution is 6.33. The van der Waals surface area contributed by atoms with Gasteiger partial charge in [0, 0.05) is 26.4 Å². The van der Waals surface area contributed by atoms with Crippen molar-refractivity contribution in [3.8, 4) is 0 Å². The molecule has 1 atom stereocenters. The summed E-state index contributed by atoms with van der Waals surface area (Å²) in [6, 6.07) is 2.38. The molecule has 0 radical (unpaired) electrons. The minimum atomic E-state index is 0.383. The van der Waals surface area contributed by atoms with Crippen LogP contribution in [0.3, 0.4) is 0 Å². The number of hydrogen-bond acceptors (Lipinski definition) is 4. The van der Waals surface area contributed by atoms with E-state index in [0.29, 0.717) is 11.1 Å². The van der Waals surface area contributed by atoms with Crippen LogP contribution in [0.1, 0.15) is 25.3 Å². The van der Waals surface area contributed by atoms with Gasteiger partial charge >= 0.3 is 0 Å². The van der Waals surface area contributed by atoms with Crippen molar-refractivity contribution < 1.29 is 4.74 Å². The van der Waals surface area contributed by atoms with E-state index in [1.165, 1.54) is 0 Å². The number of halogens is 1. The first kappa shape index (κ1) is 14.6. The maximum absolute atomic E-state index is 6.34. The first-order chi connectivity index (χ1) is 9.22.